The third-order valence-corrected chi connectivity index (χ3v) is 2.71. The zero-order chi connectivity index (χ0) is 13.5. The van der Waals surface area contributed by atoms with Crippen molar-refractivity contribution >= 4 is 17.8 Å². The van der Waals surface area contributed by atoms with Crippen molar-refractivity contribution in [1.29, 1.82) is 5.26 Å². The molecule has 2 aromatic rings. The number of oxime groups is 1. The van der Waals surface area contributed by atoms with Gasteiger partial charge in [0, 0.05) is 5.02 Å². The molecule has 3 nitrogen and oxygen atoms in total. The summed E-state index contributed by atoms with van der Waals surface area (Å²) in [6.07, 6.45) is 1.62. The molecule has 0 aromatic heterocycles. The van der Waals surface area contributed by atoms with Gasteiger partial charge in [0.05, 0.1) is 17.8 Å². The Morgan fingerprint density at radius 2 is 1.79 bits per heavy atom. The van der Waals surface area contributed by atoms with Gasteiger partial charge in [-0.05, 0) is 35.4 Å². The van der Waals surface area contributed by atoms with Gasteiger partial charge < -0.3 is 4.84 Å². The normalized spacial score (nSPS) is 10.3. The summed E-state index contributed by atoms with van der Waals surface area (Å²) in [5, 5.41) is 13.2. The summed E-state index contributed by atoms with van der Waals surface area (Å²) < 4.78 is 0. The van der Waals surface area contributed by atoms with Crippen LogP contribution in [0.5, 0.6) is 0 Å². The first-order valence-corrected chi connectivity index (χ1v) is 6.05. The molecule has 0 amide bonds. The van der Waals surface area contributed by atoms with E-state index in [1.54, 1.807) is 30.5 Å². The minimum absolute atomic E-state index is 0.371. The predicted octanol–water partition coefficient (Wildman–Crippen LogP) is 3.76. The van der Waals surface area contributed by atoms with E-state index >= 15 is 0 Å². The Kier molecular flexibility index (Phi) is 4.54. The number of hydrogen-bond donors (Lipinski definition) is 0. The average molecular weight is 271 g/mol. The molecule has 94 valence electrons. The Morgan fingerprint density at radius 1 is 1.11 bits per heavy atom. The molecule has 2 aromatic carbocycles. The van der Waals surface area contributed by atoms with Crippen molar-refractivity contribution < 1.29 is 4.84 Å². The number of rotatable bonds is 4. The standard InChI is InChI=1S/C15H11ClN2O/c16-15-7-5-13(6-8-15)10-18-19-11-14-3-1-12(9-17)2-4-14/h1-8,10H,11H2/b18-10-. The lowest BCUT2D eigenvalue weighted by atomic mass is 10.2. The van der Waals surface area contributed by atoms with Crippen LogP contribution in [0.15, 0.2) is 53.7 Å². The van der Waals surface area contributed by atoms with Gasteiger partial charge in [-0.25, -0.2) is 0 Å². The summed E-state index contributed by atoms with van der Waals surface area (Å²) in [6.45, 7) is 0.371. The monoisotopic (exact) mass is 270 g/mol. The molecule has 19 heavy (non-hydrogen) atoms. The Morgan fingerprint density at radius 3 is 2.42 bits per heavy atom. The lowest BCUT2D eigenvalue weighted by molar-refractivity contribution is 0.132. The smallest absolute Gasteiger partial charge is 0.142 e. The molecule has 4 heteroatoms. The minimum Gasteiger partial charge on any atom is -0.391 e. The molecule has 0 aliphatic rings. The fourth-order valence-electron chi connectivity index (χ4n) is 1.43. The van der Waals surface area contributed by atoms with Gasteiger partial charge in [-0.15, -0.1) is 0 Å². The summed E-state index contributed by atoms with van der Waals surface area (Å²) in [5.41, 5.74) is 2.52. The Labute approximate surface area is 116 Å². The molecule has 0 bridgehead atoms. The van der Waals surface area contributed by atoms with Crippen LogP contribution in [0.25, 0.3) is 0 Å². The third kappa shape index (κ3) is 4.13. The van der Waals surface area contributed by atoms with Gasteiger partial charge in [-0.2, -0.15) is 5.26 Å². The van der Waals surface area contributed by atoms with E-state index in [1.807, 2.05) is 24.3 Å². The molecule has 0 heterocycles. The second kappa shape index (κ2) is 6.58. The topological polar surface area (TPSA) is 45.4 Å². The lowest BCUT2D eigenvalue weighted by Crippen LogP contribution is -1.88. The molecular weight excluding hydrogens is 260 g/mol. The van der Waals surface area contributed by atoms with E-state index in [4.69, 9.17) is 21.7 Å². The summed E-state index contributed by atoms with van der Waals surface area (Å²) in [4.78, 5) is 5.18. The highest BCUT2D eigenvalue weighted by atomic mass is 35.5. The zero-order valence-electron chi connectivity index (χ0n) is 10.1. The summed E-state index contributed by atoms with van der Waals surface area (Å²) in [7, 11) is 0. The summed E-state index contributed by atoms with van der Waals surface area (Å²) in [6, 6.07) is 16.6. The molecule has 0 spiro atoms. The van der Waals surface area contributed by atoms with Crippen LogP contribution in [0.3, 0.4) is 0 Å². The highest BCUT2D eigenvalue weighted by molar-refractivity contribution is 6.30. The van der Waals surface area contributed by atoms with Crippen LogP contribution in [0.1, 0.15) is 16.7 Å². The van der Waals surface area contributed by atoms with E-state index in [9.17, 15) is 0 Å². The maximum absolute atomic E-state index is 8.67. The lowest BCUT2D eigenvalue weighted by Gasteiger charge is -1.99. The van der Waals surface area contributed by atoms with Crippen LogP contribution in [-0.4, -0.2) is 6.21 Å². The summed E-state index contributed by atoms with van der Waals surface area (Å²) in [5.74, 6) is 0. The largest absolute Gasteiger partial charge is 0.391 e. The van der Waals surface area contributed by atoms with E-state index in [0.29, 0.717) is 17.2 Å². The minimum atomic E-state index is 0.371. The molecule has 2 rings (SSSR count). The van der Waals surface area contributed by atoms with Gasteiger partial charge in [0.25, 0.3) is 0 Å². The second-order valence-corrected chi connectivity index (χ2v) is 4.30. The highest BCUT2D eigenvalue weighted by Gasteiger charge is 1.94. The molecule has 0 aliphatic heterocycles. The van der Waals surface area contributed by atoms with Crippen molar-refractivity contribution in [2.75, 3.05) is 0 Å². The van der Waals surface area contributed by atoms with E-state index in [0.717, 1.165) is 11.1 Å². The van der Waals surface area contributed by atoms with E-state index < -0.39 is 0 Å². The van der Waals surface area contributed by atoms with Crippen LogP contribution < -0.4 is 0 Å². The Bertz CT molecular complexity index is 598. The van der Waals surface area contributed by atoms with Crippen LogP contribution in [0, 0.1) is 11.3 Å². The van der Waals surface area contributed by atoms with Gasteiger partial charge in [-0.1, -0.05) is 41.0 Å². The number of hydrogen-bond acceptors (Lipinski definition) is 3. The van der Waals surface area contributed by atoms with Crippen LogP contribution in [-0.2, 0) is 11.4 Å². The highest BCUT2D eigenvalue weighted by Crippen LogP contribution is 2.08. The molecular formula is C15H11ClN2O. The molecule has 0 saturated heterocycles. The van der Waals surface area contributed by atoms with Crippen molar-refractivity contribution in [3.8, 4) is 6.07 Å². The number of halogens is 1. The molecule has 0 atom stereocenters. The molecule has 0 aliphatic carbocycles. The van der Waals surface area contributed by atoms with Gasteiger partial charge >= 0.3 is 0 Å². The first-order valence-electron chi connectivity index (χ1n) is 5.68. The molecule has 0 fully saturated rings. The van der Waals surface area contributed by atoms with Gasteiger partial charge in [0.1, 0.15) is 6.61 Å². The van der Waals surface area contributed by atoms with Gasteiger partial charge in [0.2, 0.25) is 0 Å². The SMILES string of the molecule is N#Cc1ccc(CO/N=C\c2ccc(Cl)cc2)cc1. The predicted molar refractivity (Wildman–Crippen MR) is 75.0 cm³/mol. The van der Waals surface area contributed by atoms with Crippen LogP contribution in [0.4, 0.5) is 0 Å². The molecule has 0 N–H and O–H groups in total. The maximum atomic E-state index is 8.67. The van der Waals surface area contributed by atoms with Crippen molar-refractivity contribution in [3.63, 3.8) is 0 Å². The summed E-state index contributed by atoms with van der Waals surface area (Å²) >= 11 is 5.78. The van der Waals surface area contributed by atoms with Crippen LogP contribution >= 0.6 is 11.6 Å². The van der Waals surface area contributed by atoms with Gasteiger partial charge in [-0.3, -0.25) is 0 Å². The molecule has 0 saturated carbocycles. The first-order chi connectivity index (χ1) is 9.28. The van der Waals surface area contributed by atoms with Crippen molar-refractivity contribution in [2.45, 2.75) is 6.61 Å². The van der Waals surface area contributed by atoms with E-state index in [-0.39, 0.29) is 0 Å². The maximum Gasteiger partial charge on any atom is 0.142 e. The Hall–Kier alpha value is -2.31. The number of benzene rings is 2. The Balaban J connectivity index is 1.85. The zero-order valence-corrected chi connectivity index (χ0v) is 10.8. The average Bonchev–Trinajstić information content (AvgIpc) is 2.46. The fraction of sp³-hybridized carbons (Fsp3) is 0.0667. The molecule has 0 unspecified atom stereocenters. The first kappa shape index (κ1) is 13.1. The van der Waals surface area contributed by atoms with Crippen molar-refractivity contribution in [3.05, 3.63) is 70.2 Å². The number of nitrogens with zero attached hydrogens (tertiary/aromatic N) is 2. The second-order valence-electron chi connectivity index (χ2n) is 3.87. The fourth-order valence-corrected chi connectivity index (χ4v) is 1.56. The van der Waals surface area contributed by atoms with Crippen molar-refractivity contribution in [1.82, 2.24) is 0 Å². The van der Waals surface area contributed by atoms with Crippen LogP contribution in [0.2, 0.25) is 5.02 Å². The molecule has 0 radical (unpaired) electrons. The van der Waals surface area contributed by atoms with E-state index in [2.05, 4.69) is 11.2 Å². The quantitative estimate of drug-likeness (QED) is 0.627. The van der Waals surface area contributed by atoms with Gasteiger partial charge in [0.15, 0.2) is 0 Å². The number of nitriles is 1. The van der Waals surface area contributed by atoms with E-state index in [1.165, 1.54) is 0 Å². The third-order valence-electron chi connectivity index (χ3n) is 2.46. The van der Waals surface area contributed by atoms with Crippen molar-refractivity contribution in [2.24, 2.45) is 5.16 Å².